The van der Waals surface area contributed by atoms with Crippen LogP contribution in [-0.2, 0) is 44.9 Å². The number of aliphatic hydroxyl groups excluding tert-OH is 1. The Morgan fingerprint density at radius 1 is 1.02 bits per heavy atom. The van der Waals surface area contributed by atoms with E-state index >= 15 is 4.79 Å². The molecule has 10 heteroatoms. The molecule has 4 atom stereocenters. The van der Waals surface area contributed by atoms with Gasteiger partial charge in [-0.3, -0.25) is 14.3 Å². The topological polar surface area (TPSA) is 110 Å². The maximum Gasteiger partial charge on any atom is 0.264 e. The Morgan fingerprint density at radius 2 is 1.78 bits per heavy atom. The fraction of sp³-hybridized carbons (Fsp3) is 0.450. The molecule has 2 amide bonds. The van der Waals surface area contributed by atoms with Gasteiger partial charge in [0.05, 0.1) is 31.1 Å². The second-order valence-corrected chi connectivity index (χ2v) is 14.5. The number of aromatic nitrogens is 3. The van der Waals surface area contributed by atoms with Crippen LogP contribution < -0.4 is 14.5 Å². The molecular formula is C40H47N5O5. The first-order chi connectivity index (χ1) is 24.2. The summed E-state index contributed by atoms with van der Waals surface area (Å²) in [5, 5.41) is 17.9. The van der Waals surface area contributed by atoms with Crippen molar-refractivity contribution in [1.82, 2.24) is 15.0 Å². The van der Waals surface area contributed by atoms with E-state index in [1.165, 1.54) is 0 Å². The molecular weight excluding hydrogens is 630 g/mol. The number of aryl methyl sites for hydroxylation is 1. The Bertz CT molecular complexity index is 1840. The van der Waals surface area contributed by atoms with Crippen LogP contribution in [0.25, 0.3) is 0 Å². The van der Waals surface area contributed by atoms with Crippen molar-refractivity contribution in [2.24, 2.45) is 11.8 Å². The third-order valence-corrected chi connectivity index (χ3v) is 11.3. The van der Waals surface area contributed by atoms with Crippen molar-refractivity contribution in [3.63, 3.8) is 0 Å². The first-order valence-electron chi connectivity index (χ1n) is 17.8. The van der Waals surface area contributed by atoms with E-state index in [9.17, 15) is 9.90 Å². The lowest BCUT2D eigenvalue weighted by atomic mass is 9.63. The molecule has 1 aromatic heterocycles. The number of hydrogen-bond acceptors (Lipinski definition) is 7. The molecule has 3 aliphatic heterocycles. The van der Waals surface area contributed by atoms with Crippen LogP contribution in [0.4, 0.5) is 11.4 Å². The quantitative estimate of drug-likeness (QED) is 0.214. The number of ether oxygens (including phenoxy) is 2. The van der Waals surface area contributed by atoms with Crippen LogP contribution in [0.3, 0.4) is 0 Å². The Kier molecular flexibility index (Phi) is 9.26. The molecule has 10 nitrogen and oxygen atoms in total. The fourth-order valence-electron chi connectivity index (χ4n) is 8.67. The SMILES string of the molecule is COc1ccc(C(C)(C)[C@@H]2[C@@H](CCn3cc(CCO)nn3)O[C@]3(C(=O)N(Cc4ccc(N5CCCCC5=O)cc4)c4ccccc43)[C@H]2C)cc1. The molecule has 4 aromatic rings. The van der Waals surface area contributed by atoms with Crippen LogP contribution in [0, 0.1) is 11.8 Å². The molecule has 0 bridgehead atoms. The van der Waals surface area contributed by atoms with E-state index in [0.29, 0.717) is 32.4 Å². The summed E-state index contributed by atoms with van der Waals surface area (Å²) >= 11 is 0. The predicted molar refractivity (Wildman–Crippen MR) is 191 cm³/mol. The van der Waals surface area contributed by atoms with Gasteiger partial charge < -0.3 is 24.4 Å². The highest BCUT2D eigenvalue weighted by molar-refractivity contribution is 6.07. The van der Waals surface area contributed by atoms with Crippen molar-refractivity contribution in [3.05, 3.63) is 101 Å². The number of methoxy groups -OCH3 is 1. The Labute approximate surface area is 294 Å². The van der Waals surface area contributed by atoms with Gasteiger partial charge in [0.15, 0.2) is 5.60 Å². The van der Waals surface area contributed by atoms with Crippen molar-refractivity contribution in [1.29, 1.82) is 0 Å². The number of piperidine rings is 1. The number of para-hydroxylation sites is 1. The van der Waals surface area contributed by atoms with Crippen molar-refractivity contribution < 1.29 is 24.2 Å². The molecule has 2 saturated heterocycles. The molecule has 3 aromatic carbocycles. The van der Waals surface area contributed by atoms with Crippen LogP contribution in [-0.4, -0.2) is 58.3 Å². The van der Waals surface area contributed by atoms with Gasteiger partial charge in [-0.25, -0.2) is 0 Å². The molecule has 3 aliphatic rings. The third kappa shape index (κ3) is 5.88. The lowest BCUT2D eigenvalue weighted by Crippen LogP contribution is -2.45. The largest absolute Gasteiger partial charge is 0.497 e. The van der Waals surface area contributed by atoms with Gasteiger partial charge in [0.1, 0.15) is 5.75 Å². The first kappa shape index (κ1) is 33.9. The smallest absolute Gasteiger partial charge is 0.264 e. The van der Waals surface area contributed by atoms with Gasteiger partial charge in [0.25, 0.3) is 5.91 Å². The Morgan fingerprint density at radius 3 is 2.50 bits per heavy atom. The van der Waals surface area contributed by atoms with Crippen LogP contribution >= 0.6 is 0 Å². The molecule has 0 aliphatic carbocycles. The minimum atomic E-state index is -1.17. The number of amides is 2. The van der Waals surface area contributed by atoms with Gasteiger partial charge in [-0.1, -0.05) is 68.4 Å². The van der Waals surface area contributed by atoms with E-state index in [0.717, 1.165) is 58.9 Å². The number of aliphatic hydroxyl groups is 1. The average molecular weight is 678 g/mol. The maximum atomic E-state index is 15.0. The molecule has 0 radical (unpaired) electrons. The number of nitrogens with zero attached hydrogens (tertiary/aromatic N) is 5. The molecule has 262 valence electrons. The zero-order valence-corrected chi connectivity index (χ0v) is 29.4. The number of carbonyl (C=O) groups excluding carboxylic acids is 2. The standard InChI is InChI=1S/C40H47N5O5/c1-27-37(39(2,3)29-14-18-32(49-4)19-15-29)35(20-23-43-26-30(21-24-46)41-42-43)50-40(27)33-9-5-6-10-34(33)45(38(40)48)25-28-12-16-31(17-13-28)44-22-8-7-11-36(44)47/h5-6,9-10,12-19,26-27,35,37,46H,7-8,11,20-25H2,1-4H3/t27-,35+,37-,40+/m0/s1. The van der Waals surface area contributed by atoms with Gasteiger partial charge >= 0.3 is 0 Å². The van der Waals surface area contributed by atoms with Gasteiger partial charge in [0, 0.05) is 61.8 Å². The monoisotopic (exact) mass is 677 g/mol. The summed E-state index contributed by atoms with van der Waals surface area (Å²) < 4.78 is 14.5. The number of carbonyl (C=O) groups is 2. The number of benzene rings is 3. The van der Waals surface area contributed by atoms with Crippen LogP contribution in [0.15, 0.2) is 79.0 Å². The molecule has 7 rings (SSSR count). The summed E-state index contributed by atoms with van der Waals surface area (Å²) in [6, 6.07) is 24.3. The number of rotatable bonds is 11. The van der Waals surface area contributed by atoms with Crippen LogP contribution in [0.5, 0.6) is 5.75 Å². The van der Waals surface area contributed by atoms with Gasteiger partial charge in [-0.05, 0) is 66.1 Å². The lowest BCUT2D eigenvalue weighted by Gasteiger charge is -2.38. The number of hydrogen-bond donors (Lipinski definition) is 1. The average Bonchev–Trinajstić information content (AvgIpc) is 3.78. The van der Waals surface area contributed by atoms with Crippen molar-refractivity contribution >= 4 is 23.2 Å². The third-order valence-electron chi connectivity index (χ3n) is 11.3. The Balaban J connectivity index is 1.22. The van der Waals surface area contributed by atoms with Crippen LogP contribution in [0.2, 0.25) is 0 Å². The van der Waals surface area contributed by atoms with Gasteiger partial charge in [0.2, 0.25) is 5.91 Å². The summed E-state index contributed by atoms with van der Waals surface area (Å²) in [6.07, 6.45) is 5.22. The highest BCUT2D eigenvalue weighted by Crippen LogP contribution is 2.60. The van der Waals surface area contributed by atoms with E-state index in [1.54, 1.807) is 11.8 Å². The van der Waals surface area contributed by atoms with Crippen LogP contribution in [0.1, 0.15) is 68.8 Å². The molecule has 4 heterocycles. The van der Waals surface area contributed by atoms with E-state index in [1.807, 2.05) is 76.7 Å². The summed E-state index contributed by atoms with van der Waals surface area (Å²) in [4.78, 5) is 31.3. The molecule has 1 N–H and O–H groups in total. The fourth-order valence-corrected chi connectivity index (χ4v) is 8.67. The first-order valence-corrected chi connectivity index (χ1v) is 17.8. The highest BCUT2D eigenvalue weighted by Gasteiger charge is 2.65. The van der Waals surface area contributed by atoms with Gasteiger partial charge in [-0.15, -0.1) is 5.10 Å². The van der Waals surface area contributed by atoms with E-state index in [2.05, 4.69) is 43.2 Å². The summed E-state index contributed by atoms with van der Waals surface area (Å²) in [5.41, 5.74) is 4.01. The molecule has 1 spiro atoms. The summed E-state index contributed by atoms with van der Waals surface area (Å²) in [6.45, 7) is 8.38. The Hall–Kier alpha value is -4.54. The zero-order chi connectivity index (χ0) is 35.0. The lowest BCUT2D eigenvalue weighted by molar-refractivity contribution is -0.146. The summed E-state index contributed by atoms with van der Waals surface area (Å²) in [7, 11) is 1.67. The number of anilines is 2. The second-order valence-electron chi connectivity index (χ2n) is 14.5. The maximum absolute atomic E-state index is 15.0. The van der Waals surface area contributed by atoms with E-state index in [4.69, 9.17) is 9.47 Å². The minimum Gasteiger partial charge on any atom is -0.497 e. The van der Waals surface area contributed by atoms with Crippen molar-refractivity contribution in [3.8, 4) is 5.75 Å². The second kappa shape index (κ2) is 13.6. The molecule has 50 heavy (non-hydrogen) atoms. The normalized spacial score (nSPS) is 23.6. The van der Waals surface area contributed by atoms with E-state index in [-0.39, 0.29) is 41.8 Å². The summed E-state index contributed by atoms with van der Waals surface area (Å²) in [5.74, 6) is 0.707. The van der Waals surface area contributed by atoms with Crippen molar-refractivity contribution in [2.75, 3.05) is 30.1 Å². The zero-order valence-electron chi connectivity index (χ0n) is 29.4. The minimum absolute atomic E-state index is 0.0167. The van der Waals surface area contributed by atoms with Crippen molar-refractivity contribution in [2.45, 2.75) is 83.1 Å². The highest BCUT2D eigenvalue weighted by atomic mass is 16.5. The van der Waals surface area contributed by atoms with E-state index < -0.39 is 5.60 Å². The predicted octanol–water partition coefficient (Wildman–Crippen LogP) is 5.80. The van der Waals surface area contributed by atoms with Gasteiger partial charge in [-0.2, -0.15) is 0 Å². The molecule has 2 fully saturated rings. The molecule has 0 unspecified atom stereocenters. The number of fused-ring (bicyclic) bond motifs is 2. The molecule has 0 saturated carbocycles.